The molecule has 2 saturated carbocycles. The highest BCUT2D eigenvalue weighted by Gasteiger charge is 2.48. The number of amides is 2. The lowest BCUT2D eigenvalue weighted by molar-refractivity contribution is -0.192. The number of rotatable bonds is 8. The lowest BCUT2D eigenvalue weighted by atomic mass is 9.72. The van der Waals surface area contributed by atoms with Gasteiger partial charge in [-0.15, -0.1) is 0 Å². The molecular formula is C31H48F3N5O3. The second kappa shape index (κ2) is 14.1. The first-order valence-corrected chi connectivity index (χ1v) is 15.6. The van der Waals surface area contributed by atoms with Crippen LogP contribution < -0.4 is 21.3 Å². The minimum atomic E-state index is -4.37. The van der Waals surface area contributed by atoms with Gasteiger partial charge in [-0.3, -0.25) is 14.5 Å². The van der Waals surface area contributed by atoms with Gasteiger partial charge in [0.2, 0.25) is 11.8 Å². The first kappa shape index (κ1) is 32.7. The fourth-order valence-corrected chi connectivity index (χ4v) is 7.78. The topological polar surface area (TPSA) is 103 Å². The minimum Gasteiger partial charge on any atom is -0.354 e. The van der Waals surface area contributed by atoms with E-state index >= 15 is 0 Å². The Kier molecular flexibility index (Phi) is 10.9. The van der Waals surface area contributed by atoms with E-state index in [4.69, 9.17) is 0 Å². The molecule has 2 aliphatic heterocycles. The third kappa shape index (κ3) is 8.04. The van der Waals surface area contributed by atoms with Gasteiger partial charge in [0.25, 0.3) is 0 Å². The second-order valence-corrected chi connectivity index (χ2v) is 13.2. The van der Waals surface area contributed by atoms with Crippen LogP contribution in [-0.2, 0) is 14.4 Å². The summed E-state index contributed by atoms with van der Waals surface area (Å²) < 4.78 is 41.7. The van der Waals surface area contributed by atoms with E-state index in [-0.39, 0.29) is 54.6 Å². The zero-order valence-corrected chi connectivity index (χ0v) is 25.1. The predicted molar refractivity (Wildman–Crippen MR) is 155 cm³/mol. The number of carbonyl (C=O) groups excluding carboxylic acids is 3. The molecule has 0 aromatic carbocycles. The van der Waals surface area contributed by atoms with Crippen molar-refractivity contribution in [3.05, 3.63) is 18.2 Å². The molecule has 0 radical (unpaired) electrons. The van der Waals surface area contributed by atoms with Gasteiger partial charge in [-0.1, -0.05) is 19.1 Å². The van der Waals surface area contributed by atoms with Gasteiger partial charge in [0, 0.05) is 61.2 Å². The van der Waals surface area contributed by atoms with Crippen LogP contribution in [0.2, 0.25) is 0 Å². The quantitative estimate of drug-likeness (QED) is 0.254. The van der Waals surface area contributed by atoms with Gasteiger partial charge in [0.15, 0.2) is 0 Å². The molecule has 4 aliphatic rings. The Labute approximate surface area is 247 Å². The lowest BCUT2D eigenvalue weighted by Gasteiger charge is -2.45. The van der Waals surface area contributed by atoms with Crippen molar-refractivity contribution >= 4 is 17.8 Å². The molecule has 4 N–H and O–H groups in total. The Balaban J connectivity index is 1.41. The molecule has 42 heavy (non-hydrogen) atoms. The van der Waals surface area contributed by atoms with E-state index in [1.165, 1.54) is 0 Å². The molecule has 2 heterocycles. The summed E-state index contributed by atoms with van der Waals surface area (Å²) in [6.45, 7) is 6.13. The maximum absolute atomic E-state index is 13.9. The molecule has 4 fully saturated rings. The summed E-state index contributed by atoms with van der Waals surface area (Å²) >= 11 is 0. The Morgan fingerprint density at radius 3 is 2.64 bits per heavy atom. The van der Waals surface area contributed by atoms with E-state index in [1.54, 1.807) is 6.08 Å². The van der Waals surface area contributed by atoms with Crippen molar-refractivity contribution in [3.8, 4) is 0 Å². The molecule has 0 aromatic rings. The summed E-state index contributed by atoms with van der Waals surface area (Å²) in [6, 6.07) is -0.216. The summed E-state index contributed by atoms with van der Waals surface area (Å²) in [7, 11) is 1.94. The van der Waals surface area contributed by atoms with Crippen LogP contribution in [0.4, 0.5) is 13.2 Å². The molecule has 2 aliphatic carbocycles. The average molecular weight is 596 g/mol. The lowest BCUT2D eigenvalue weighted by Crippen LogP contribution is -2.59. The monoisotopic (exact) mass is 595 g/mol. The van der Waals surface area contributed by atoms with Crippen LogP contribution in [0, 0.1) is 29.6 Å². The number of nitrogens with zero attached hydrogens (tertiary/aromatic N) is 1. The summed E-state index contributed by atoms with van der Waals surface area (Å²) in [6.07, 6.45) is 5.68. The summed E-state index contributed by atoms with van der Waals surface area (Å²) in [5.74, 6) is -0.0144. The standard InChI is InChI=1S/C31H48F3N5O3/c1-20-5-8-26(14-22(20)6-7-24-18-37-21(2)17-30(24,35-3)9-4-12-40)38-29(42)23-13-25(31(32,33)34)16-27(15-23)39-11-10-36-28(41)19-39/h4,6-7,20-27,35,37H,5,8-11,13-19H2,1-3H3,(H,36,41)(H,38,42)/b7-6+. The number of carbonyl (C=O) groups is 2. The largest absolute Gasteiger partial charge is 0.391 e. The van der Waals surface area contributed by atoms with Crippen LogP contribution in [0.25, 0.3) is 0 Å². The molecule has 2 amide bonds. The average Bonchev–Trinajstić information content (AvgIpc) is 2.96. The molecule has 0 aromatic heterocycles. The van der Waals surface area contributed by atoms with E-state index < -0.39 is 24.1 Å². The zero-order chi connectivity index (χ0) is 30.5. The Hall–Kier alpha value is -2.20. The number of hydrogen-bond acceptors (Lipinski definition) is 6. The molecule has 11 heteroatoms. The number of hydrogen-bond donors (Lipinski definition) is 4. The van der Waals surface area contributed by atoms with Crippen molar-refractivity contribution in [2.45, 2.75) is 95.1 Å². The van der Waals surface area contributed by atoms with Crippen molar-refractivity contribution < 1.29 is 27.6 Å². The van der Waals surface area contributed by atoms with Crippen LogP contribution >= 0.6 is 0 Å². The SMILES string of the molecule is CNC1(CC=C=O)CC(C)NCC1/C=C/C1CC(NC(=O)C2CC(N3CCNC(=O)C3)CC(C(F)(F)F)C2)CCC1C. The number of allylic oxidation sites excluding steroid dienone is 1. The number of piperidine rings is 1. The van der Waals surface area contributed by atoms with E-state index in [2.05, 4.69) is 47.3 Å². The van der Waals surface area contributed by atoms with Crippen molar-refractivity contribution in [1.29, 1.82) is 0 Å². The zero-order valence-electron chi connectivity index (χ0n) is 25.1. The third-order valence-electron chi connectivity index (χ3n) is 10.4. The minimum absolute atomic E-state index is 0.0695. The molecule has 0 bridgehead atoms. The fraction of sp³-hybridized carbons (Fsp3) is 0.806. The first-order valence-electron chi connectivity index (χ1n) is 15.6. The molecule has 2 saturated heterocycles. The van der Waals surface area contributed by atoms with E-state index in [9.17, 15) is 27.6 Å². The molecule has 236 valence electrons. The van der Waals surface area contributed by atoms with Crippen LogP contribution in [0.3, 0.4) is 0 Å². The van der Waals surface area contributed by atoms with Crippen LogP contribution in [0.15, 0.2) is 18.2 Å². The van der Waals surface area contributed by atoms with Crippen LogP contribution in [0.1, 0.15) is 65.2 Å². The first-order chi connectivity index (χ1) is 19.9. The predicted octanol–water partition coefficient (Wildman–Crippen LogP) is 2.98. The van der Waals surface area contributed by atoms with E-state index in [0.29, 0.717) is 37.9 Å². The summed E-state index contributed by atoms with van der Waals surface area (Å²) in [5.41, 5.74) is -0.244. The normalized spacial score (nSPS) is 38.5. The summed E-state index contributed by atoms with van der Waals surface area (Å²) in [4.78, 5) is 38.2. The van der Waals surface area contributed by atoms with E-state index in [0.717, 1.165) is 32.2 Å². The Bertz CT molecular complexity index is 1030. The Morgan fingerprint density at radius 2 is 1.95 bits per heavy atom. The van der Waals surface area contributed by atoms with Gasteiger partial charge < -0.3 is 21.3 Å². The van der Waals surface area contributed by atoms with Gasteiger partial charge in [0.1, 0.15) is 5.94 Å². The van der Waals surface area contributed by atoms with Crippen LogP contribution in [0.5, 0.6) is 0 Å². The molecule has 9 unspecified atom stereocenters. The molecule has 0 spiro atoms. The van der Waals surface area contributed by atoms with Crippen molar-refractivity contribution in [3.63, 3.8) is 0 Å². The molecule has 8 nitrogen and oxygen atoms in total. The third-order valence-corrected chi connectivity index (χ3v) is 10.4. The van der Waals surface area contributed by atoms with Crippen molar-refractivity contribution in [2.24, 2.45) is 29.6 Å². The van der Waals surface area contributed by atoms with Gasteiger partial charge in [-0.05, 0) is 77.2 Å². The number of piperazine rings is 1. The highest BCUT2D eigenvalue weighted by Crippen LogP contribution is 2.42. The molecule has 9 atom stereocenters. The van der Waals surface area contributed by atoms with Crippen molar-refractivity contribution in [1.82, 2.24) is 26.2 Å². The second-order valence-electron chi connectivity index (χ2n) is 13.2. The van der Waals surface area contributed by atoms with Gasteiger partial charge >= 0.3 is 6.18 Å². The van der Waals surface area contributed by atoms with Crippen LogP contribution in [-0.4, -0.2) is 85.7 Å². The van der Waals surface area contributed by atoms with E-state index in [1.807, 2.05) is 17.9 Å². The Morgan fingerprint density at radius 1 is 1.17 bits per heavy atom. The maximum Gasteiger partial charge on any atom is 0.391 e. The number of alkyl halides is 3. The van der Waals surface area contributed by atoms with Gasteiger partial charge in [0.05, 0.1) is 12.5 Å². The number of halogens is 3. The maximum atomic E-state index is 13.9. The van der Waals surface area contributed by atoms with Gasteiger partial charge in [-0.2, -0.15) is 13.2 Å². The highest BCUT2D eigenvalue weighted by atomic mass is 19.4. The van der Waals surface area contributed by atoms with Crippen molar-refractivity contribution in [2.75, 3.05) is 33.2 Å². The highest BCUT2D eigenvalue weighted by molar-refractivity contribution is 5.80. The fourth-order valence-electron chi connectivity index (χ4n) is 7.78. The summed E-state index contributed by atoms with van der Waals surface area (Å²) in [5, 5.41) is 12.9. The molecule has 4 rings (SSSR count). The molecular weight excluding hydrogens is 547 g/mol. The number of nitrogens with one attached hydrogen (secondary N) is 4. The van der Waals surface area contributed by atoms with Gasteiger partial charge in [-0.25, -0.2) is 4.79 Å². The smallest absolute Gasteiger partial charge is 0.354 e.